The van der Waals surface area contributed by atoms with E-state index < -0.39 is 0 Å². The molecule has 0 saturated heterocycles. The highest BCUT2D eigenvalue weighted by molar-refractivity contribution is 9.11. The van der Waals surface area contributed by atoms with Gasteiger partial charge in [-0.05, 0) is 53.9 Å². The number of halogens is 1. The molecule has 0 fully saturated rings. The summed E-state index contributed by atoms with van der Waals surface area (Å²) in [6.07, 6.45) is 0. The smallest absolute Gasteiger partial charge is 0.210 e. The Kier molecular flexibility index (Phi) is 3.04. The maximum absolute atomic E-state index is 12.2. The maximum Gasteiger partial charge on any atom is 0.210 e. The average Bonchev–Trinajstić information content (AvgIpc) is 2.78. The minimum atomic E-state index is 0.0654. The molecule has 0 aromatic carbocycles. The van der Waals surface area contributed by atoms with E-state index in [0.29, 0.717) is 5.69 Å². The van der Waals surface area contributed by atoms with Crippen molar-refractivity contribution in [2.24, 2.45) is 0 Å². The van der Waals surface area contributed by atoms with Gasteiger partial charge in [-0.25, -0.2) is 0 Å². The van der Waals surface area contributed by atoms with Gasteiger partial charge in [0, 0.05) is 16.6 Å². The lowest BCUT2D eigenvalue weighted by Crippen LogP contribution is -2.02. The van der Waals surface area contributed by atoms with Gasteiger partial charge in [0.15, 0.2) is 0 Å². The summed E-state index contributed by atoms with van der Waals surface area (Å²) in [6.45, 7) is 6.00. The van der Waals surface area contributed by atoms with Crippen LogP contribution < -0.4 is 0 Å². The predicted octanol–water partition coefficient (Wildman–Crippen LogP) is 3.99. The summed E-state index contributed by atoms with van der Waals surface area (Å²) in [5.41, 5.74) is 4.72. The molecule has 4 heteroatoms. The molecular formula is C12H12BrNOS. The number of ketones is 1. The zero-order valence-corrected chi connectivity index (χ0v) is 11.8. The molecule has 0 radical (unpaired) electrons. The van der Waals surface area contributed by atoms with Crippen LogP contribution in [0.1, 0.15) is 32.9 Å². The first-order valence-corrected chi connectivity index (χ1v) is 6.62. The van der Waals surface area contributed by atoms with Crippen molar-refractivity contribution >= 4 is 33.0 Å². The Labute approximate surface area is 107 Å². The van der Waals surface area contributed by atoms with Crippen LogP contribution in [0, 0.1) is 20.8 Å². The van der Waals surface area contributed by atoms with Gasteiger partial charge in [0.2, 0.25) is 5.78 Å². The van der Waals surface area contributed by atoms with Crippen molar-refractivity contribution in [3.8, 4) is 0 Å². The number of thiophene rings is 1. The normalized spacial score (nSPS) is 10.8. The van der Waals surface area contributed by atoms with Gasteiger partial charge in [-0.2, -0.15) is 0 Å². The van der Waals surface area contributed by atoms with Crippen molar-refractivity contribution in [1.82, 2.24) is 4.98 Å². The van der Waals surface area contributed by atoms with E-state index >= 15 is 0 Å². The Morgan fingerprint density at radius 1 is 1.31 bits per heavy atom. The van der Waals surface area contributed by atoms with Crippen LogP contribution >= 0.6 is 27.3 Å². The fraction of sp³-hybridized carbons (Fsp3) is 0.250. The topological polar surface area (TPSA) is 32.9 Å². The van der Waals surface area contributed by atoms with Gasteiger partial charge < -0.3 is 4.98 Å². The largest absolute Gasteiger partial charge is 0.356 e. The molecule has 0 unspecified atom stereocenters. The molecule has 0 atom stereocenters. The van der Waals surface area contributed by atoms with Gasteiger partial charge in [0.05, 0.1) is 9.48 Å². The quantitative estimate of drug-likeness (QED) is 0.835. The van der Waals surface area contributed by atoms with Crippen LogP contribution in [0.5, 0.6) is 0 Å². The summed E-state index contributed by atoms with van der Waals surface area (Å²) in [4.78, 5) is 15.4. The van der Waals surface area contributed by atoms with Crippen LogP contribution in [0.15, 0.2) is 15.2 Å². The molecule has 0 aliphatic carbocycles. The second-order valence-corrected chi connectivity index (χ2v) is 6.13. The summed E-state index contributed by atoms with van der Waals surface area (Å²) in [5, 5.41) is 1.87. The van der Waals surface area contributed by atoms with Crippen molar-refractivity contribution in [1.29, 1.82) is 0 Å². The molecular weight excluding hydrogens is 286 g/mol. The summed E-state index contributed by atoms with van der Waals surface area (Å²) < 4.78 is 0.980. The van der Waals surface area contributed by atoms with Gasteiger partial charge >= 0.3 is 0 Å². The highest BCUT2D eigenvalue weighted by atomic mass is 79.9. The Balaban J connectivity index is 2.45. The Morgan fingerprint density at radius 2 is 2.00 bits per heavy atom. The van der Waals surface area contributed by atoms with Crippen LogP contribution in [0.2, 0.25) is 0 Å². The third-order valence-electron chi connectivity index (χ3n) is 2.87. The molecule has 0 aliphatic rings. The maximum atomic E-state index is 12.2. The monoisotopic (exact) mass is 297 g/mol. The molecule has 2 aromatic heterocycles. The lowest BCUT2D eigenvalue weighted by Gasteiger charge is -1.97. The number of hydrogen-bond acceptors (Lipinski definition) is 2. The van der Waals surface area contributed by atoms with E-state index in [1.165, 1.54) is 11.3 Å². The highest BCUT2D eigenvalue weighted by Crippen LogP contribution is 2.25. The molecule has 1 N–H and O–H groups in total. The fourth-order valence-electron chi connectivity index (χ4n) is 1.64. The molecule has 0 aliphatic heterocycles. The summed E-state index contributed by atoms with van der Waals surface area (Å²) >= 11 is 4.89. The van der Waals surface area contributed by atoms with Crippen LogP contribution in [0.25, 0.3) is 0 Å². The molecule has 2 nitrogen and oxygen atoms in total. The molecule has 2 aromatic rings. The zero-order valence-electron chi connectivity index (χ0n) is 9.35. The minimum Gasteiger partial charge on any atom is -0.356 e. The number of carbonyl (C=O) groups is 1. The molecule has 0 amide bonds. The van der Waals surface area contributed by atoms with Crippen LogP contribution in [0.3, 0.4) is 0 Å². The molecule has 2 heterocycles. The van der Waals surface area contributed by atoms with E-state index in [1.54, 1.807) is 0 Å². The van der Waals surface area contributed by atoms with Crippen LogP contribution in [-0.2, 0) is 0 Å². The summed E-state index contributed by atoms with van der Waals surface area (Å²) in [5.74, 6) is 0.0654. The van der Waals surface area contributed by atoms with Gasteiger partial charge in [0.25, 0.3) is 0 Å². The SMILES string of the molecule is Cc1[nH]c(C(=O)c2csc(Br)c2)c(C)c1C. The van der Waals surface area contributed by atoms with Gasteiger partial charge in [-0.1, -0.05) is 0 Å². The molecule has 0 bridgehead atoms. The first-order valence-electron chi connectivity index (χ1n) is 4.95. The van der Waals surface area contributed by atoms with E-state index in [9.17, 15) is 4.79 Å². The fourth-order valence-corrected chi connectivity index (χ4v) is 2.78. The molecule has 16 heavy (non-hydrogen) atoms. The number of H-pyrrole nitrogens is 1. The Hall–Kier alpha value is -0.870. The molecule has 0 spiro atoms. The van der Waals surface area contributed by atoms with E-state index in [0.717, 1.165) is 26.2 Å². The molecule has 84 valence electrons. The van der Waals surface area contributed by atoms with E-state index in [4.69, 9.17) is 0 Å². The number of nitrogens with one attached hydrogen (secondary N) is 1. The van der Waals surface area contributed by atoms with Crippen LogP contribution in [-0.4, -0.2) is 10.8 Å². The number of aromatic amines is 1. The first kappa shape index (κ1) is 11.6. The van der Waals surface area contributed by atoms with Crippen molar-refractivity contribution < 1.29 is 4.79 Å². The number of carbonyl (C=O) groups excluding carboxylic acids is 1. The second kappa shape index (κ2) is 4.18. The molecule has 0 saturated carbocycles. The third-order valence-corrected chi connectivity index (χ3v) is 4.37. The number of hydrogen-bond donors (Lipinski definition) is 1. The van der Waals surface area contributed by atoms with Crippen LogP contribution in [0.4, 0.5) is 0 Å². The lowest BCUT2D eigenvalue weighted by molar-refractivity contribution is 0.103. The van der Waals surface area contributed by atoms with E-state index in [1.807, 2.05) is 32.2 Å². The number of rotatable bonds is 2. The first-order chi connectivity index (χ1) is 7.50. The Bertz CT molecular complexity index is 553. The minimum absolute atomic E-state index is 0.0654. The predicted molar refractivity (Wildman–Crippen MR) is 70.5 cm³/mol. The number of aryl methyl sites for hydroxylation is 1. The zero-order chi connectivity index (χ0) is 11.9. The lowest BCUT2D eigenvalue weighted by atomic mass is 10.1. The summed E-state index contributed by atoms with van der Waals surface area (Å²) in [6, 6.07) is 1.86. The van der Waals surface area contributed by atoms with E-state index in [-0.39, 0.29) is 5.78 Å². The third kappa shape index (κ3) is 1.87. The van der Waals surface area contributed by atoms with E-state index in [2.05, 4.69) is 20.9 Å². The van der Waals surface area contributed by atoms with Gasteiger partial charge in [-0.3, -0.25) is 4.79 Å². The van der Waals surface area contributed by atoms with Gasteiger partial charge in [0.1, 0.15) is 0 Å². The second-order valence-electron chi connectivity index (χ2n) is 3.84. The summed E-state index contributed by atoms with van der Waals surface area (Å²) in [7, 11) is 0. The highest BCUT2D eigenvalue weighted by Gasteiger charge is 2.17. The van der Waals surface area contributed by atoms with Crippen molar-refractivity contribution in [2.45, 2.75) is 20.8 Å². The standard InChI is InChI=1S/C12H12BrNOS/c1-6-7(2)11(14-8(6)3)12(15)9-4-10(13)16-5-9/h4-5,14H,1-3H3. The van der Waals surface area contributed by atoms with Crippen molar-refractivity contribution in [2.75, 3.05) is 0 Å². The van der Waals surface area contributed by atoms with Crippen molar-refractivity contribution in [3.05, 3.63) is 43.3 Å². The van der Waals surface area contributed by atoms with Crippen molar-refractivity contribution in [3.63, 3.8) is 0 Å². The van der Waals surface area contributed by atoms with Gasteiger partial charge in [-0.15, -0.1) is 11.3 Å². The molecule has 2 rings (SSSR count). The Morgan fingerprint density at radius 3 is 2.44 bits per heavy atom. The average molecular weight is 298 g/mol. The number of aromatic nitrogens is 1.